The molecule has 2 aromatic carbocycles. The Labute approximate surface area is 171 Å². The average Bonchev–Trinajstić information content (AvgIpc) is 3.14. The minimum atomic E-state index is -0.510. The van der Waals surface area contributed by atoms with Gasteiger partial charge in [0.1, 0.15) is 12.1 Å². The molecular weight excluding hydrogens is 390 g/mol. The number of nitrogens with one attached hydrogen (secondary N) is 2. The van der Waals surface area contributed by atoms with E-state index in [4.69, 9.17) is 14.7 Å². The van der Waals surface area contributed by atoms with Gasteiger partial charge in [-0.2, -0.15) is 10.4 Å². The summed E-state index contributed by atoms with van der Waals surface area (Å²) in [6.45, 7) is 1.67. The summed E-state index contributed by atoms with van der Waals surface area (Å²) in [5.41, 5.74) is 4.10. The van der Waals surface area contributed by atoms with E-state index < -0.39 is 6.04 Å². The zero-order chi connectivity index (χ0) is 20.6. The normalized spacial score (nSPS) is 11.8. The van der Waals surface area contributed by atoms with E-state index in [1.54, 1.807) is 25.1 Å². The lowest BCUT2D eigenvalue weighted by Gasteiger charge is -2.10. The Morgan fingerprint density at radius 3 is 2.93 bits per heavy atom. The number of ether oxygens (including phenoxy) is 2. The molecule has 1 aromatic heterocycles. The second-order valence-electron chi connectivity index (χ2n) is 5.94. The van der Waals surface area contributed by atoms with Crippen LogP contribution in [0.4, 0.5) is 5.13 Å². The second-order valence-corrected chi connectivity index (χ2v) is 6.97. The highest BCUT2D eigenvalue weighted by molar-refractivity contribution is 7.22. The minimum Gasteiger partial charge on any atom is -0.493 e. The summed E-state index contributed by atoms with van der Waals surface area (Å²) in [5.74, 6) is 0.645. The van der Waals surface area contributed by atoms with Crippen molar-refractivity contribution in [3.8, 4) is 17.6 Å². The first-order valence-electron chi connectivity index (χ1n) is 8.73. The number of thiazole rings is 1. The highest BCUT2D eigenvalue weighted by atomic mass is 32.1. The summed E-state index contributed by atoms with van der Waals surface area (Å²) in [5, 5.41) is 16.3. The number of carbonyl (C=O) groups is 1. The van der Waals surface area contributed by atoms with Crippen molar-refractivity contribution in [3.05, 3.63) is 48.0 Å². The monoisotopic (exact) mass is 409 g/mol. The zero-order valence-electron chi connectivity index (χ0n) is 15.9. The smallest absolute Gasteiger partial charge is 0.262 e. The topological polar surface area (TPSA) is 109 Å². The van der Waals surface area contributed by atoms with Crippen LogP contribution in [0.15, 0.2) is 47.6 Å². The molecule has 0 aliphatic carbocycles. The number of hydrogen-bond acceptors (Lipinski definition) is 8. The molecule has 0 saturated heterocycles. The SMILES string of the molecule is COc1cc(/C=N\NC(=O)[C@@H](C)Nc2nc3ccccc3s2)ccc1OCC#N. The van der Waals surface area contributed by atoms with Gasteiger partial charge in [0.25, 0.3) is 5.91 Å². The maximum absolute atomic E-state index is 12.3. The molecule has 0 fully saturated rings. The van der Waals surface area contributed by atoms with Crippen molar-refractivity contribution in [1.29, 1.82) is 5.26 Å². The lowest BCUT2D eigenvalue weighted by molar-refractivity contribution is -0.121. The number of nitriles is 1. The van der Waals surface area contributed by atoms with Crippen LogP contribution >= 0.6 is 11.3 Å². The van der Waals surface area contributed by atoms with Crippen LogP contribution in [0, 0.1) is 11.3 Å². The molecule has 0 spiro atoms. The van der Waals surface area contributed by atoms with Crippen LogP contribution in [0.2, 0.25) is 0 Å². The Balaban J connectivity index is 1.57. The third kappa shape index (κ3) is 5.21. The third-order valence-electron chi connectivity index (χ3n) is 3.90. The number of hydrogen-bond donors (Lipinski definition) is 2. The van der Waals surface area contributed by atoms with Crippen LogP contribution in [-0.4, -0.2) is 36.9 Å². The van der Waals surface area contributed by atoms with Gasteiger partial charge < -0.3 is 14.8 Å². The number of aromatic nitrogens is 1. The molecule has 0 bridgehead atoms. The van der Waals surface area contributed by atoms with Gasteiger partial charge in [-0.25, -0.2) is 10.4 Å². The molecule has 0 unspecified atom stereocenters. The van der Waals surface area contributed by atoms with E-state index in [1.807, 2.05) is 30.3 Å². The third-order valence-corrected chi connectivity index (χ3v) is 4.86. The van der Waals surface area contributed by atoms with Crippen LogP contribution in [0.3, 0.4) is 0 Å². The average molecular weight is 409 g/mol. The van der Waals surface area contributed by atoms with E-state index >= 15 is 0 Å². The zero-order valence-corrected chi connectivity index (χ0v) is 16.7. The fourth-order valence-corrected chi connectivity index (χ4v) is 3.40. The first kappa shape index (κ1) is 20.1. The van der Waals surface area contributed by atoms with Gasteiger partial charge in [-0.15, -0.1) is 0 Å². The molecule has 148 valence electrons. The molecule has 9 heteroatoms. The predicted octanol–water partition coefficient (Wildman–Crippen LogP) is 3.16. The fraction of sp³-hybridized carbons (Fsp3) is 0.200. The van der Waals surface area contributed by atoms with E-state index in [0.29, 0.717) is 22.2 Å². The van der Waals surface area contributed by atoms with Crippen molar-refractivity contribution in [3.63, 3.8) is 0 Å². The van der Waals surface area contributed by atoms with Crippen molar-refractivity contribution in [2.45, 2.75) is 13.0 Å². The Kier molecular flexibility index (Phi) is 6.60. The lowest BCUT2D eigenvalue weighted by atomic mass is 10.2. The van der Waals surface area contributed by atoms with Crippen molar-refractivity contribution >= 4 is 38.8 Å². The number of benzene rings is 2. The molecule has 1 amide bonds. The van der Waals surface area contributed by atoms with E-state index in [2.05, 4.69) is 20.8 Å². The maximum Gasteiger partial charge on any atom is 0.262 e. The highest BCUT2D eigenvalue weighted by Gasteiger charge is 2.14. The van der Waals surface area contributed by atoms with Gasteiger partial charge in [-0.1, -0.05) is 23.5 Å². The molecule has 1 heterocycles. The number of para-hydroxylation sites is 1. The summed E-state index contributed by atoms with van der Waals surface area (Å²) in [4.78, 5) is 16.7. The van der Waals surface area contributed by atoms with Gasteiger partial charge in [0.05, 0.1) is 23.5 Å². The van der Waals surface area contributed by atoms with E-state index in [9.17, 15) is 4.79 Å². The Bertz CT molecular complexity index is 1040. The number of methoxy groups -OCH3 is 1. The van der Waals surface area contributed by atoms with Gasteiger partial charge in [0, 0.05) is 0 Å². The molecule has 0 radical (unpaired) electrons. The molecule has 0 saturated carbocycles. The van der Waals surface area contributed by atoms with Gasteiger partial charge in [0.2, 0.25) is 0 Å². The number of anilines is 1. The van der Waals surface area contributed by atoms with Crippen LogP contribution in [0.1, 0.15) is 12.5 Å². The summed E-state index contributed by atoms with van der Waals surface area (Å²) < 4.78 is 11.6. The number of fused-ring (bicyclic) bond motifs is 1. The first-order valence-corrected chi connectivity index (χ1v) is 9.55. The largest absolute Gasteiger partial charge is 0.493 e. The van der Waals surface area contributed by atoms with Crippen molar-refractivity contribution in [2.75, 3.05) is 19.0 Å². The summed E-state index contributed by atoms with van der Waals surface area (Å²) >= 11 is 1.49. The molecule has 2 N–H and O–H groups in total. The first-order chi connectivity index (χ1) is 14.1. The minimum absolute atomic E-state index is 0.0700. The summed E-state index contributed by atoms with van der Waals surface area (Å²) in [6, 6.07) is 14.3. The number of carbonyl (C=O) groups excluding carboxylic acids is 1. The molecule has 1 atom stereocenters. The summed E-state index contributed by atoms with van der Waals surface area (Å²) in [7, 11) is 1.51. The molecule has 3 aromatic rings. The second kappa shape index (κ2) is 9.52. The van der Waals surface area contributed by atoms with E-state index in [-0.39, 0.29) is 12.5 Å². The standard InChI is InChI=1S/C20H19N5O3S/c1-13(23-20-24-15-5-3-4-6-18(15)29-20)19(26)25-22-12-14-7-8-16(28-10-9-21)17(11-14)27-2/h3-8,11-13H,10H2,1-2H3,(H,23,24)(H,25,26)/b22-12-/t13-/m1/s1. The predicted molar refractivity (Wildman–Crippen MR) is 113 cm³/mol. The molecule has 3 rings (SSSR count). The van der Waals surface area contributed by atoms with Crippen LogP contribution in [0.25, 0.3) is 10.2 Å². The van der Waals surface area contributed by atoms with Crippen molar-refractivity contribution in [1.82, 2.24) is 10.4 Å². The van der Waals surface area contributed by atoms with Crippen LogP contribution in [0.5, 0.6) is 11.5 Å². The Hall–Kier alpha value is -3.64. The number of amides is 1. The van der Waals surface area contributed by atoms with E-state index in [1.165, 1.54) is 24.7 Å². The number of nitrogens with zero attached hydrogens (tertiary/aromatic N) is 3. The molecule has 0 aliphatic rings. The maximum atomic E-state index is 12.3. The van der Waals surface area contributed by atoms with Crippen molar-refractivity contribution < 1.29 is 14.3 Å². The lowest BCUT2D eigenvalue weighted by Crippen LogP contribution is -2.34. The van der Waals surface area contributed by atoms with Crippen molar-refractivity contribution in [2.24, 2.45) is 5.10 Å². The Morgan fingerprint density at radius 1 is 1.34 bits per heavy atom. The molecule has 8 nitrogen and oxygen atoms in total. The molecule has 0 aliphatic heterocycles. The quantitative estimate of drug-likeness (QED) is 0.437. The van der Waals surface area contributed by atoms with Gasteiger partial charge in [-0.05, 0) is 42.8 Å². The number of rotatable bonds is 8. The summed E-state index contributed by atoms with van der Waals surface area (Å²) in [6.07, 6.45) is 1.50. The molecule has 29 heavy (non-hydrogen) atoms. The van der Waals surface area contributed by atoms with Crippen LogP contribution < -0.4 is 20.2 Å². The molecular formula is C20H19N5O3S. The highest BCUT2D eigenvalue weighted by Crippen LogP contribution is 2.27. The number of hydrazone groups is 1. The van der Waals surface area contributed by atoms with Crippen LogP contribution in [-0.2, 0) is 4.79 Å². The van der Waals surface area contributed by atoms with Gasteiger partial charge in [-0.3, -0.25) is 4.79 Å². The fourth-order valence-electron chi connectivity index (χ4n) is 2.45. The van der Waals surface area contributed by atoms with Gasteiger partial charge >= 0.3 is 0 Å². The Morgan fingerprint density at radius 2 is 2.17 bits per heavy atom. The van der Waals surface area contributed by atoms with Gasteiger partial charge in [0.15, 0.2) is 23.2 Å². The van der Waals surface area contributed by atoms with E-state index in [0.717, 1.165) is 10.2 Å².